The number of piperazine rings is 1. The summed E-state index contributed by atoms with van der Waals surface area (Å²) < 4.78 is 33.4. The molecule has 0 saturated carbocycles. The molecule has 0 aromatic carbocycles. The first-order valence-electron chi connectivity index (χ1n) is 10.0. The summed E-state index contributed by atoms with van der Waals surface area (Å²) in [7, 11) is 1.84. The number of aryl methyl sites for hydroxylation is 1. The van der Waals surface area contributed by atoms with E-state index < -0.39 is 12.1 Å². The first kappa shape index (κ1) is 24.7. The minimum absolute atomic E-state index is 0.0258. The van der Waals surface area contributed by atoms with Gasteiger partial charge in [-0.3, -0.25) is 19.2 Å². The number of carboxylic acids is 1. The van der Waals surface area contributed by atoms with Gasteiger partial charge in [0.15, 0.2) is 0 Å². The quantitative estimate of drug-likeness (QED) is 0.711. The first-order chi connectivity index (χ1) is 15.4. The van der Waals surface area contributed by atoms with Crippen LogP contribution in [0.4, 0.5) is 18.9 Å². The number of halogens is 3. The van der Waals surface area contributed by atoms with Crippen molar-refractivity contribution in [1.29, 1.82) is 0 Å². The molecule has 2 aliphatic rings. The number of aliphatic carboxylic acids is 1. The lowest BCUT2D eigenvalue weighted by molar-refractivity contribution is -0.192. The largest absolute Gasteiger partial charge is 0.490 e. The molecule has 2 aromatic rings. The zero-order valence-corrected chi connectivity index (χ0v) is 18.9. The van der Waals surface area contributed by atoms with Crippen molar-refractivity contribution in [1.82, 2.24) is 19.6 Å². The van der Waals surface area contributed by atoms with E-state index >= 15 is 0 Å². The third-order valence-electron chi connectivity index (χ3n) is 5.62. The molecule has 1 spiro atoms. The molecule has 2 aromatic heterocycles. The molecule has 0 bridgehead atoms. The predicted octanol–water partition coefficient (Wildman–Crippen LogP) is 1.95. The number of hydrogen-bond donors (Lipinski definition) is 1. The third-order valence-corrected chi connectivity index (χ3v) is 6.48. The molecule has 2 saturated heterocycles. The maximum absolute atomic E-state index is 12.7. The maximum atomic E-state index is 12.7. The molecule has 180 valence electrons. The molecule has 9 nitrogen and oxygen atoms in total. The van der Waals surface area contributed by atoms with Crippen LogP contribution >= 0.6 is 11.3 Å². The number of amides is 2. The normalized spacial score (nSPS) is 21.3. The van der Waals surface area contributed by atoms with Crippen LogP contribution in [0, 0.1) is 0 Å². The maximum Gasteiger partial charge on any atom is 0.490 e. The van der Waals surface area contributed by atoms with E-state index in [0.29, 0.717) is 6.54 Å². The Balaban J connectivity index is 0.000000383. The van der Waals surface area contributed by atoms with Crippen molar-refractivity contribution >= 4 is 34.8 Å². The fraction of sp³-hybridized carbons (Fsp3) is 0.500. The third kappa shape index (κ3) is 5.71. The fourth-order valence-corrected chi connectivity index (χ4v) is 4.88. The number of aromatic nitrogens is 2. The van der Waals surface area contributed by atoms with Gasteiger partial charge < -0.3 is 14.9 Å². The zero-order valence-electron chi connectivity index (χ0n) is 18.1. The smallest absolute Gasteiger partial charge is 0.475 e. The highest BCUT2D eigenvalue weighted by Gasteiger charge is 2.50. The van der Waals surface area contributed by atoms with E-state index in [1.54, 1.807) is 38.9 Å². The van der Waals surface area contributed by atoms with Crippen molar-refractivity contribution in [3.63, 3.8) is 0 Å². The van der Waals surface area contributed by atoms with E-state index in [2.05, 4.69) is 27.5 Å². The van der Waals surface area contributed by atoms with E-state index in [0.717, 1.165) is 31.7 Å². The Labute approximate surface area is 192 Å². The van der Waals surface area contributed by atoms with Crippen LogP contribution in [-0.2, 0) is 28.0 Å². The van der Waals surface area contributed by atoms with Gasteiger partial charge in [-0.25, -0.2) is 4.79 Å². The Bertz CT molecular complexity index is 1010. The summed E-state index contributed by atoms with van der Waals surface area (Å²) in [6.45, 7) is 4.84. The van der Waals surface area contributed by atoms with Crippen molar-refractivity contribution in [2.24, 2.45) is 7.05 Å². The van der Waals surface area contributed by atoms with Gasteiger partial charge >= 0.3 is 12.1 Å². The molecule has 33 heavy (non-hydrogen) atoms. The number of nitrogens with zero attached hydrogens (tertiary/aromatic N) is 5. The zero-order chi connectivity index (χ0) is 24.4. The molecule has 1 unspecified atom stereocenters. The molecular weight excluding hydrogens is 463 g/mol. The SMILES string of the molecule is CC(=O)N1CC(=O)N(c2cnn(C)c2)CC12CCN(Cc1cccs1)C2.O=C(O)C(F)(F)F. The van der Waals surface area contributed by atoms with Crippen LogP contribution in [-0.4, -0.2) is 80.4 Å². The van der Waals surface area contributed by atoms with Gasteiger partial charge in [0.25, 0.3) is 0 Å². The molecule has 4 rings (SSSR count). The van der Waals surface area contributed by atoms with E-state index in [9.17, 15) is 22.8 Å². The van der Waals surface area contributed by atoms with Crippen LogP contribution in [0.5, 0.6) is 0 Å². The monoisotopic (exact) mass is 487 g/mol. The van der Waals surface area contributed by atoms with Crippen LogP contribution in [0.3, 0.4) is 0 Å². The highest BCUT2D eigenvalue weighted by atomic mass is 32.1. The Morgan fingerprint density at radius 3 is 2.52 bits per heavy atom. The number of thiophene rings is 1. The molecule has 1 N–H and O–H groups in total. The second-order valence-corrected chi connectivity index (χ2v) is 9.06. The van der Waals surface area contributed by atoms with Crippen molar-refractivity contribution in [2.45, 2.75) is 31.6 Å². The van der Waals surface area contributed by atoms with E-state index in [1.807, 2.05) is 13.2 Å². The van der Waals surface area contributed by atoms with Gasteiger partial charge in [-0.05, 0) is 17.9 Å². The summed E-state index contributed by atoms with van der Waals surface area (Å²) in [4.78, 5) is 41.2. The summed E-state index contributed by atoms with van der Waals surface area (Å²) >= 11 is 1.75. The van der Waals surface area contributed by atoms with Crippen LogP contribution in [0.1, 0.15) is 18.2 Å². The lowest BCUT2D eigenvalue weighted by Crippen LogP contribution is -2.66. The number of alkyl halides is 3. The van der Waals surface area contributed by atoms with Crippen molar-refractivity contribution in [2.75, 3.05) is 31.1 Å². The highest BCUT2D eigenvalue weighted by Crippen LogP contribution is 2.35. The molecule has 2 amide bonds. The van der Waals surface area contributed by atoms with Gasteiger partial charge in [0.05, 0.1) is 24.0 Å². The average Bonchev–Trinajstić information content (AvgIpc) is 3.46. The van der Waals surface area contributed by atoms with Crippen LogP contribution < -0.4 is 4.90 Å². The standard InChI is InChI=1S/C18H23N5O2S.C2HF3O2/c1-14(24)23-11-17(25)22(15-8-19-20(2)9-15)13-18(23)5-6-21(12-18)10-16-4-3-7-26-16;3-2(4,5)1(6)7/h3-4,7-9H,5-6,10-13H2,1-2H3;(H,6,7). The molecule has 1 atom stereocenters. The Morgan fingerprint density at radius 2 is 2.00 bits per heavy atom. The average molecular weight is 488 g/mol. The fourth-order valence-electron chi connectivity index (χ4n) is 4.13. The Morgan fingerprint density at radius 1 is 1.30 bits per heavy atom. The van der Waals surface area contributed by atoms with Crippen molar-refractivity contribution < 1.29 is 32.7 Å². The van der Waals surface area contributed by atoms with Gasteiger partial charge in [0, 0.05) is 44.7 Å². The van der Waals surface area contributed by atoms with E-state index in [-0.39, 0.29) is 23.9 Å². The van der Waals surface area contributed by atoms with Gasteiger partial charge in [-0.2, -0.15) is 18.3 Å². The van der Waals surface area contributed by atoms with Gasteiger partial charge in [-0.1, -0.05) is 6.07 Å². The van der Waals surface area contributed by atoms with Gasteiger partial charge in [0.2, 0.25) is 11.8 Å². The number of likely N-dealkylation sites (tertiary alicyclic amines) is 1. The number of hydrogen-bond acceptors (Lipinski definition) is 6. The topological polar surface area (TPSA) is 99.0 Å². The number of carbonyl (C=O) groups is 3. The van der Waals surface area contributed by atoms with Crippen LogP contribution in [0.25, 0.3) is 0 Å². The number of carbonyl (C=O) groups excluding carboxylic acids is 2. The van der Waals surface area contributed by atoms with Crippen molar-refractivity contribution in [3.05, 3.63) is 34.8 Å². The second kappa shape index (κ2) is 9.51. The molecule has 2 aliphatic heterocycles. The van der Waals surface area contributed by atoms with Crippen LogP contribution in [0.15, 0.2) is 29.9 Å². The minimum Gasteiger partial charge on any atom is -0.475 e. The highest BCUT2D eigenvalue weighted by molar-refractivity contribution is 7.09. The Kier molecular flexibility index (Phi) is 7.12. The lowest BCUT2D eigenvalue weighted by atomic mass is 9.92. The molecule has 2 fully saturated rings. The van der Waals surface area contributed by atoms with E-state index in [1.165, 1.54) is 4.88 Å². The summed E-state index contributed by atoms with van der Waals surface area (Å²) in [6.07, 6.45) is -0.636. The second-order valence-electron chi connectivity index (χ2n) is 8.02. The van der Waals surface area contributed by atoms with Gasteiger partial charge in [-0.15, -0.1) is 11.3 Å². The molecule has 0 aliphatic carbocycles. The summed E-state index contributed by atoms with van der Waals surface area (Å²) in [5, 5.41) is 13.4. The van der Waals surface area contributed by atoms with E-state index in [4.69, 9.17) is 9.90 Å². The Hall–Kier alpha value is -2.93. The molecule has 0 radical (unpaired) electrons. The molecule has 4 heterocycles. The predicted molar refractivity (Wildman–Crippen MR) is 114 cm³/mol. The number of carboxylic acid groups (broad SMARTS) is 1. The first-order valence-corrected chi connectivity index (χ1v) is 10.9. The number of anilines is 1. The molecular formula is C20H24F3N5O4S. The number of rotatable bonds is 3. The van der Waals surface area contributed by atoms with Crippen LogP contribution in [0.2, 0.25) is 0 Å². The lowest BCUT2D eigenvalue weighted by Gasteiger charge is -2.48. The molecule has 13 heteroatoms. The summed E-state index contributed by atoms with van der Waals surface area (Å²) in [6, 6.07) is 4.21. The minimum atomic E-state index is -5.08. The van der Waals surface area contributed by atoms with Gasteiger partial charge in [0.1, 0.15) is 6.54 Å². The van der Waals surface area contributed by atoms with Crippen molar-refractivity contribution in [3.8, 4) is 0 Å². The summed E-state index contributed by atoms with van der Waals surface area (Å²) in [5.74, 6) is -2.83. The summed E-state index contributed by atoms with van der Waals surface area (Å²) in [5.41, 5.74) is 0.476.